The Kier molecular flexibility index (Phi) is 6.83. The van der Waals surface area contributed by atoms with Crippen LogP contribution in [0.4, 0.5) is 20.2 Å². The van der Waals surface area contributed by atoms with Crippen molar-refractivity contribution < 1.29 is 22.0 Å². The van der Waals surface area contributed by atoms with Crippen molar-refractivity contribution in [3.8, 4) is 0 Å². The number of rotatable bonds is 6. The van der Waals surface area contributed by atoms with Gasteiger partial charge in [-0.3, -0.25) is 9.10 Å². The van der Waals surface area contributed by atoms with Gasteiger partial charge in [-0.15, -0.1) is 0 Å². The molecule has 31 heavy (non-hydrogen) atoms. The van der Waals surface area contributed by atoms with Gasteiger partial charge in [0.15, 0.2) is 0 Å². The maximum absolute atomic E-state index is 13.9. The van der Waals surface area contributed by atoms with Crippen molar-refractivity contribution >= 4 is 50.5 Å². The summed E-state index contributed by atoms with van der Waals surface area (Å²) in [6.07, 6.45) is 0. The number of nitrogens with one attached hydrogen (secondary N) is 1. The summed E-state index contributed by atoms with van der Waals surface area (Å²) >= 11 is 12.3. The lowest BCUT2D eigenvalue weighted by Crippen LogP contribution is -2.38. The third-order valence-corrected chi connectivity index (χ3v) is 6.88. The van der Waals surface area contributed by atoms with Crippen molar-refractivity contribution in [2.75, 3.05) is 16.2 Å². The van der Waals surface area contributed by atoms with E-state index in [1.54, 1.807) is 19.1 Å². The van der Waals surface area contributed by atoms with Crippen LogP contribution in [0.3, 0.4) is 0 Å². The number of sulfonamides is 1. The lowest BCUT2D eigenvalue weighted by Gasteiger charge is -2.25. The minimum absolute atomic E-state index is 0.0236. The first-order valence-corrected chi connectivity index (χ1v) is 11.1. The monoisotopic (exact) mass is 484 g/mol. The summed E-state index contributed by atoms with van der Waals surface area (Å²) in [5, 5.41) is 2.26. The molecular formula is C21H16Cl2F2N2O3S. The molecule has 5 nitrogen and oxygen atoms in total. The van der Waals surface area contributed by atoms with E-state index in [9.17, 15) is 22.0 Å². The molecule has 0 aliphatic rings. The highest BCUT2D eigenvalue weighted by atomic mass is 35.5. The number of halogens is 4. The van der Waals surface area contributed by atoms with Crippen LogP contribution in [0, 0.1) is 18.6 Å². The summed E-state index contributed by atoms with van der Waals surface area (Å²) in [4.78, 5) is 12.5. The Bertz CT molecular complexity index is 1240. The number of hydrogen-bond donors (Lipinski definition) is 1. The van der Waals surface area contributed by atoms with E-state index in [4.69, 9.17) is 23.2 Å². The van der Waals surface area contributed by atoms with E-state index in [-0.39, 0.29) is 26.3 Å². The van der Waals surface area contributed by atoms with Crippen LogP contribution in [0.15, 0.2) is 65.6 Å². The highest BCUT2D eigenvalue weighted by Crippen LogP contribution is 2.35. The summed E-state index contributed by atoms with van der Waals surface area (Å²) < 4.78 is 54.4. The fraction of sp³-hybridized carbons (Fsp3) is 0.0952. The van der Waals surface area contributed by atoms with Gasteiger partial charge < -0.3 is 5.32 Å². The van der Waals surface area contributed by atoms with Crippen LogP contribution >= 0.6 is 23.2 Å². The van der Waals surface area contributed by atoms with Gasteiger partial charge in [-0.1, -0.05) is 47.0 Å². The second-order valence-electron chi connectivity index (χ2n) is 6.57. The first-order valence-electron chi connectivity index (χ1n) is 8.88. The molecule has 0 aromatic heterocycles. The number of anilines is 2. The zero-order valence-electron chi connectivity index (χ0n) is 16.1. The first-order chi connectivity index (χ1) is 14.6. The zero-order valence-corrected chi connectivity index (χ0v) is 18.4. The molecular weight excluding hydrogens is 469 g/mol. The molecule has 10 heteroatoms. The molecule has 0 unspecified atom stereocenters. The second kappa shape index (κ2) is 9.21. The maximum atomic E-state index is 13.9. The van der Waals surface area contributed by atoms with Crippen molar-refractivity contribution in [1.29, 1.82) is 0 Å². The summed E-state index contributed by atoms with van der Waals surface area (Å²) in [6, 6.07) is 13.0. The van der Waals surface area contributed by atoms with Crippen molar-refractivity contribution in [1.82, 2.24) is 0 Å². The van der Waals surface area contributed by atoms with E-state index in [1.807, 2.05) is 0 Å². The first kappa shape index (κ1) is 23.0. The molecule has 0 heterocycles. The highest BCUT2D eigenvalue weighted by Gasteiger charge is 2.29. The molecule has 162 valence electrons. The van der Waals surface area contributed by atoms with E-state index in [0.29, 0.717) is 6.07 Å². The number of nitrogens with zero attached hydrogens (tertiary/aromatic N) is 1. The molecule has 3 rings (SSSR count). The Morgan fingerprint density at radius 1 is 1.03 bits per heavy atom. The average Bonchev–Trinajstić information content (AvgIpc) is 2.71. The normalized spacial score (nSPS) is 11.3. The standard InChI is InChI=1S/C21H16Cl2F2N2O3S/c1-13-5-8-15(9-6-13)31(29,30)27(19-4-2-3-16(22)21(19)23)12-20(28)26-18-10-7-14(24)11-17(18)25/h2-11H,12H2,1H3,(H,26,28). The Morgan fingerprint density at radius 3 is 2.35 bits per heavy atom. The maximum Gasteiger partial charge on any atom is 0.264 e. The average molecular weight is 485 g/mol. The van der Waals surface area contributed by atoms with Crippen LogP contribution in [0.25, 0.3) is 0 Å². The van der Waals surface area contributed by atoms with Crippen molar-refractivity contribution in [3.63, 3.8) is 0 Å². The molecule has 3 aromatic rings. The zero-order chi connectivity index (χ0) is 22.8. The van der Waals surface area contributed by atoms with Gasteiger partial charge in [0.1, 0.15) is 18.2 Å². The Morgan fingerprint density at radius 2 is 1.71 bits per heavy atom. The van der Waals surface area contributed by atoms with Crippen molar-refractivity contribution in [2.45, 2.75) is 11.8 Å². The van der Waals surface area contributed by atoms with E-state index < -0.39 is 34.1 Å². The molecule has 1 amide bonds. The van der Waals surface area contributed by atoms with E-state index in [0.717, 1.165) is 22.0 Å². The Balaban J connectivity index is 2.00. The molecule has 0 radical (unpaired) electrons. The van der Waals surface area contributed by atoms with Crippen LogP contribution in [0.1, 0.15) is 5.56 Å². The van der Waals surface area contributed by atoms with Gasteiger partial charge in [-0.2, -0.15) is 0 Å². The van der Waals surface area contributed by atoms with Gasteiger partial charge in [0.05, 0.1) is 26.3 Å². The smallest absolute Gasteiger partial charge is 0.264 e. The van der Waals surface area contributed by atoms with Gasteiger partial charge in [0, 0.05) is 6.07 Å². The van der Waals surface area contributed by atoms with Crippen LogP contribution < -0.4 is 9.62 Å². The van der Waals surface area contributed by atoms with Gasteiger partial charge in [0.25, 0.3) is 10.0 Å². The Labute approximate surface area is 188 Å². The van der Waals surface area contributed by atoms with E-state index in [2.05, 4.69) is 5.32 Å². The van der Waals surface area contributed by atoms with Gasteiger partial charge in [0.2, 0.25) is 5.91 Å². The summed E-state index contributed by atoms with van der Waals surface area (Å²) in [5.41, 5.74) is 0.525. The number of carbonyl (C=O) groups is 1. The molecule has 0 saturated carbocycles. The molecule has 0 atom stereocenters. The third kappa shape index (κ3) is 5.15. The summed E-state index contributed by atoms with van der Waals surface area (Å²) in [6.45, 7) is 1.07. The van der Waals surface area contributed by atoms with Crippen molar-refractivity contribution in [2.24, 2.45) is 0 Å². The number of amides is 1. The van der Waals surface area contributed by atoms with Crippen LogP contribution in [0.5, 0.6) is 0 Å². The summed E-state index contributed by atoms with van der Waals surface area (Å²) in [7, 11) is -4.24. The minimum atomic E-state index is -4.24. The van der Waals surface area contributed by atoms with Gasteiger partial charge >= 0.3 is 0 Å². The number of aryl methyl sites for hydroxylation is 1. The minimum Gasteiger partial charge on any atom is -0.322 e. The number of benzene rings is 3. The molecule has 0 aliphatic carbocycles. The van der Waals surface area contributed by atoms with Crippen LogP contribution in [0.2, 0.25) is 10.0 Å². The van der Waals surface area contributed by atoms with E-state index >= 15 is 0 Å². The molecule has 1 N–H and O–H groups in total. The molecule has 0 fully saturated rings. The fourth-order valence-corrected chi connectivity index (χ4v) is 4.61. The SMILES string of the molecule is Cc1ccc(S(=O)(=O)N(CC(=O)Nc2ccc(F)cc2F)c2cccc(Cl)c2Cl)cc1. The highest BCUT2D eigenvalue weighted by molar-refractivity contribution is 7.92. The van der Waals surface area contributed by atoms with Crippen molar-refractivity contribution in [3.05, 3.63) is 87.9 Å². The molecule has 3 aromatic carbocycles. The van der Waals surface area contributed by atoms with Crippen LogP contribution in [-0.4, -0.2) is 20.9 Å². The lowest BCUT2D eigenvalue weighted by molar-refractivity contribution is -0.114. The lowest BCUT2D eigenvalue weighted by atomic mass is 10.2. The van der Waals surface area contributed by atoms with Gasteiger partial charge in [-0.05, 0) is 43.3 Å². The van der Waals surface area contributed by atoms with Gasteiger partial charge in [-0.25, -0.2) is 17.2 Å². The predicted octanol–water partition coefficient (Wildman–Crippen LogP) is 5.41. The quantitative estimate of drug-likeness (QED) is 0.508. The molecule has 0 spiro atoms. The molecule has 0 bridgehead atoms. The van der Waals surface area contributed by atoms with E-state index in [1.165, 1.54) is 30.3 Å². The predicted molar refractivity (Wildman–Crippen MR) is 117 cm³/mol. The number of carbonyl (C=O) groups excluding carboxylic acids is 1. The largest absolute Gasteiger partial charge is 0.322 e. The summed E-state index contributed by atoms with van der Waals surface area (Å²) in [5.74, 6) is -2.68. The van der Waals surface area contributed by atoms with Crippen LogP contribution in [-0.2, 0) is 14.8 Å². The topological polar surface area (TPSA) is 66.5 Å². The number of hydrogen-bond acceptors (Lipinski definition) is 3. The second-order valence-corrected chi connectivity index (χ2v) is 9.22. The molecule has 0 saturated heterocycles. The third-order valence-electron chi connectivity index (χ3n) is 4.30. The molecule has 0 aliphatic heterocycles. The fourth-order valence-electron chi connectivity index (χ4n) is 2.73. The Hall–Kier alpha value is -2.68.